The molecule has 0 bridgehead atoms. The quantitative estimate of drug-likeness (QED) is 0.349. The van der Waals surface area contributed by atoms with Gasteiger partial charge in [-0.3, -0.25) is 0 Å². The van der Waals surface area contributed by atoms with Gasteiger partial charge in [0.05, 0.1) is 13.1 Å². The molecule has 0 aromatic heterocycles. The first kappa shape index (κ1) is 17.3. The van der Waals surface area contributed by atoms with Crippen molar-refractivity contribution < 1.29 is 0 Å². The molecule has 0 radical (unpaired) electrons. The summed E-state index contributed by atoms with van der Waals surface area (Å²) in [6, 6.07) is 19.9. The SMILES string of the molecule is NC(=NCc1ccccc1)NCCNC(N)=NCc1ccccc1. The van der Waals surface area contributed by atoms with Crippen LogP contribution in [0.5, 0.6) is 0 Å². The maximum Gasteiger partial charge on any atom is 0.188 e. The third kappa shape index (κ3) is 6.83. The van der Waals surface area contributed by atoms with Crippen molar-refractivity contribution in [1.29, 1.82) is 0 Å². The van der Waals surface area contributed by atoms with E-state index in [1.807, 2.05) is 60.7 Å². The Morgan fingerprint density at radius 1 is 0.667 bits per heavy atom. The zero-order valence-corrected chi connectivity index (χ0v) is 13.7. The minimum atomic E-state index is 0.417. The van der Waals surface area contributed by atoms with Crippen molar-refractivity contribution in [2.45, 2.75) is 13.1 Å². The molecule has 0 aliphatic heterocycles. The van der Waals surface area contributed by atoms with E-state index in [9.17, 15) is 0 Å². The Kier molecular flexibility index (Phi) is 7.14. The van der Waals surface area contributed by atoms with Crippen LogP contribution in [0, 0.1) is 0 Å². The van der Waals surface area contributed by atoms with Crippen molar-refractivity contribution >= 4 is 11.9 Å². The van der Waals surface area contributed by atoms with Crippen LogP contribution in [-0.2, 0) is 13.1 Å². The van der Waals surface area contributed by atoms with Crippen LogP contribution in [0.25, 0.3) is 0 Å². The van der Waals surface area contributed by atoms with Gasteiger partial charge in [0.2, 0.25) is 0 Å². The van der Waals surface area contributed by atoms with Crippen LogP contribution in [0.2, 0.25) is 0 Å². The van der Waals surface area contributed by atoms with Crippen LogP contribution < -0.4 is 22.1 Å². The molecule has 6 heteroatoms. The Bertz CT molecular complexity index is 592. The number of nitrogens with zero attached hydrogens (tertiary/aromatic N) is 2. The third-order valence-electron chi connectivity index (χ3n) is 3.29. The number of rotatable bonds is 7. The molecule has 0 unspecified atom stereocenters. The molecule has 0 aliphatic carbocycles. The summed E-state index contributed by atoms with van der Waals surface area (Å²) in [4.78, 5) is 8.56. The Hall–Kier alpha value is -3.02. The lowest BCUT2D eigenvalue weighted by Gasteiger charge is -2.08. The van der Waals surface area contributed by atoms with E-state index in [2.05, 4.69) is 20.6 Å². The molecule has 0 saturated heterocycles. The van der Waals surface area contributed by atoms with Crippen LogP contribution in [0.3, 0.4) is 0 Å². The van der Waals surface area contributed by atoms with Crippen molar-refractivity contribution in [3.05, 3.63) is 71.8 Å². The highest BCUT2D eigenvalue weighted by Crippen LogP contribution is 2.00. The molecule has 2 rings (SSSR count). The summed E-state index contributed by atoms with van der Waals surface area (Å²) in [5.74, 6) is 0.834. The lowest BCUT2D eigenvalue weighted by atomic mass is 10.2. The minimum Gasteiger partial charge on any atom is -0.370 e. The fourth-order valence-corrected chi connectivity index (χ4v) is 2.01. The number of nitrogens with two attached hydrogens (primary N) is 2. The van der Waals surface area contributed by atoms with E-state index < -0.39 is 0 Å². The molecule has 2 aromatic rings. The van der Waals surface area contributed by atoms with Crippen LogP contribution in [0.15, 0.2) is 70.6 Å². The number of benzene rings is 2. The predicted molar refractivity (Wildman–Crippen MR) is 99.5 cm³/mol. The molecule has 0 fully saturated rings. The molecule has 0 spiro atoms. The lowest BCUT2D eigenvalue weighted by Crippen LogP contribution is -2.40. The molecular weight excluding hydrogens is 300 g/mol. The van der Waals surface area contributed by atoms with Gasteiger partial charge >= 0.3 is 0 Å². The van der Waals surface area contributed by atoms with Crippen LogP contribution in [-0.4, -0.2) is 25.0 Å². The molecule has 0 aliphatic rings. The molecular formula is C18H24N6. The van der Waals surface area contributed by atoms with Gasteiger partial charge in [0.1, 0.15) is 0 Å². The smallest absolute Gasteiger partial charge is 0.188 e. The van der Waals surface area contributed by atoms with Crippen molar-refractivity contribution in [3.63, 3.8) is 0 Å². The van der Waals surface area contributed by atoms with Crippen molar-refractivity contribution in [3.8, 4) is 0 Å². The molecule has 0 atom stereocenters. The molecule has 0 amide bonds. The van der Waals surface area contributed by atoms with E-state index in [-0.39, 0.29) is 0 Å². The highest BCUT2D eigenvalue weighted by molar-refractivity contribution is 5.79. The summed E-state index contributed by atoms with van der Waals surface area (Å²) >= 11 is 0. The highest BCUT2D eigenvalue weighted by atomic mass is 15.1. The maximum absolute atomic E-state index is 5.82. The molecule has 126 valence electrons. The topological polar surface area (TPSA) is 101 Å². The first-order valence-corrected chi connectivity index (χ1v) is 7.89. The maximum atomic E-state index is 5.82. The molecule has 0 heterocycles. The normalized spacial score (nSPS) is 12.0. The number of hydrogen-bond acceptors (Lipinski definition) is 2. The summed E-state index contributed by atoms with van der Waals surface area (Å²) in [7, 11) is 0. The molecule has 2 aromatic carbocycles. The first-order valence-electron chi connectivity index (χ1n) is 7.89. The predicted octanol–water partition coefficient (Wildman–Crippen LogP) is 1.20. The van der Waals surface area contributed by atoms with E-state index in [0.717, 1.165) is 11.1 Å². The van der Waals surface area contributed by atoms with Gasteiger partial charge in [0.25, 0.3) is 0 Å². The lowest BCUT2D eigenvalue weighted by molar-refractivity contribution is 0.792. The Balaban J connectivity index is 1.63. The standard InChI is InChI=1S/C18H24N6/c19-17(23-13-15-7-3-1-4-8-15)21-11-12-22-18(20)24-14-16-9-5-2-6-10-16/h1-10H,11-14H2,(H3,19,21,23)(H3,20,22,24). The number of guanidine groups is 2. The average molecular weight is 324 g/mol. The zero-order chi connectivity index (χ0) is 17.0. The van der Waals surface area contributed by atoms with Gasteiger partial charge in [-0.1, -0.05) is 60.7 Å². The first-order chi connectivity index (χ1) is 11.7. The zero-order valence-electron chi connectivity index (χ0n) is 13.7. The van der Waals surface area contributed by atoms with E-state index in [0.29, 0.717) is 38.1 Å². The number of hydrogen-bond donors (Lipinski definition) is 4. The second-order valence-electron chi connectivity index (χ2n) is 5.23. The van der Waals surface area contributed by atoms with E-state index in [1.54, 1.807) is 0 Å². The number of nitrogens with one attached hydrogen (secondary N) is 2. The summed E-state index contributed by atoms with van der Waals surface area (Å²) < 4.78 is 0. The second kappa shape index (κ2) is 9.89. The second-order valence-corrected chi connectivity index (χ2v) is 5.23. The molecule has 6 nitrogen and oxygen atoms in total. The van der Waals surface area contributed by atoms with Crippen molar-refractivity contribution in [2.24, 2.45) is 21.5 Å². The van der Waals surface area contributed by atoms with Crippen LogP contribution >= 0.6 is 0 Å². The van der Waals surface area contributed by atoms with Gasteiger partial charge in [-0.25, -0.2) is 9.98 Å². The summed E-state index contributed by atoms with van der Waals surface area (Å²) in [5.41, 5.74) is 13.9. The van der Waals surface area contributed by atoms with Gasteiger partial charge in [0.15, 0.2) is 11.9 Å². The summed E-state index contributed by atoms with van der Waals surface area (Å²) in [5, 5.41) is 6.07. The van der Waals surface area contributed by atoms with Crippen LogP contribution in [0.1, 0.15) is 11.1 Å². The average Bonchev–Trinajstić information content (AvgIpc) is 2.63. The van der Waals surface area contributed by atoms with E-state index >= 15 is 0 Å². The largest absolute Gasteiger partial charge is 0.370 e. The van der Waals surface area contributed by atoms with Gasteiger partial charge in [-0.2, -0.15) is 0 Å². The van der Waals surface area contributed by atoms with E-state index in [1.165, 1.54) is 0 Å². The number of aliphatic imine (C=N–C) groups is 2. The van der Waals surface area contributed by atoms with Crippen molar-refractivity contribution in [1.82, 2.24) is 10.6 Å². The Labute approximate surface area is 142 Å². The summed E-state index contributed by atoms with van der Waals surface area (Å²) in [6.07, 6.45) is 0. The fourth-order valence-electron chi connectivity index (χ4n) is 2.01. The van der Waals surface area contributed by atoms with Gasteiger partial charge in [0, 0.05) is 13.1 Å². The minimum absolute atomic E-state index is 0.417. The van der Waals surface area contributed by atoms with Gasteiger partial charge < -0.3 is 22.1 Å². The Morgan fingerprint density at radius 3 is 1.42 bits per heavy atom. The fraction of sp³-hybridized carbons (Fsp3) is 0.222. The Morgan fingerprint density at radius 2 is 1.04 bits per heavy atom. The molecule has 6 N–H and O–H groups in total. The van der Waals surface area contributed by atoms with Gasteiger partial charge in [-0.15, -0.1) is 0 Å². The molecule has 24 heavy (non-hydrogen) atoms. The monoisotopic (exact) mass is 324 g/mol. The van der Waals surface area contributed by atoms with E-state index in [4.69, 9.17) is 11.5 Å². The van der Waals surface area contributed by atoms with Gasteiger partial charge in [-0.05, 0) is 11.1 Å². The molecule has 0 saturated carbocycles. The van der Waals surface area contributed by atoms with Crippen LogP contribution in [0.4, 0.5) is 0 Å². The summed E-state index contributed by atoms with van der Waals surface area (Å²) in [6.45, 7) is 2.36. The highest BCUT2D eigenvalue weighted by Gasteiger charge is 1.95. The van der Waals surface area contributed by atoms with Crippen molar-refractivity contribution in [2.75, 3.05) is 13.1 Å². The third-order valence-corrected chi connectivity index (χ3v) is 3.29.